The van der Waals surface area contributed by atoms with Gasteiger partial charge in [0, 0.05) is 32.7 Å². The van der Waals surface area contributed by atoms with E-state index in [-0.39, 0.29) is 6.61 Å². The highest BCUT2D eigenvalue weighted by Crippen LogP contribution is 2.18. The summed E-state index contributed by atoms with van der Waals surface area (Å²) in [6.45, 7) is 5.42. The van der Waals surface area contributed by atoms with E-state index in [1.165, 1.54) is 0 Å². The molecule has 0 aromatic carbocycles. The lowest BCUT2D eigenvalue weighted by Gasteiger charge is -2.33. The lowest BCUT2D eigenvalue weighted by Crippen LogP contribution is -2.46. The van der Waals surface area contributed by atoms with Crippen molar-refractivity contribution in [3.63, 3.8) is 0 Å². The molecule has 0 unspecified atom stereocenters. The second kappa shape index (κ2) is 6.17. The standard InChI is InChI=1S/C13H18N4O3/c18-8-7-16-3-5-17(6-4-16)10-12-14-15-13(20-12)11-2-1-9-19-11/h1-2,9,18H,3-8,10H2. The molecule has 1 aliphatic heterocycles. The zero-order valence-corrected chi connectivity index (χ0v) is 11.2. The fourth-order valence-electron chi connectivity index (χ4n) is 2.32. The van der Waals surface area contributed by atoms with Crippen LogP contribution in [0.5, 0.6) is 0 Å². The van der Waals surface area contributed by atoms with Gasteiger partial charge in [0.1, 0.15) is 0 Å². The van der Waals surface area contributed by atoms with Gasteiger partial charge in [-0.1, -0.05) is 0 Å². The van der Waals surface area contributed by atoms with Crippen LogP contribution in [-0.2, 0) is 6.54 Å². The second-order valence-corrected chi connectivity index (χ2v) is 4.82. The predicted molar refractivity (Wildman–Crippen MR) is 70.8 cm³/mol. The number of aliphatic hydroxyl groups excluding tert-OH is 1. The Labute approximate surface area is 116 Å². The third-order valence-electron chi connectivity index (χ3n) is 3.44. The number of hydrogen-bond acceptors (Lipinski definition) is 7. The lowest BCUT2D eigenvalue weighted by molar-refractivity contribution is 0.103. The molecule has 1 aliphatic rings. The fourth-order valence-corrected chi connectivity index (χ4v) is 2.32. The SMILES string of the molecule is OCCN1CCN(Cc2nnc(-c3ccco3)o2)CC1. The first-order chi connectivity index (χ1) is 9.85. The van der Waals surface area contributed by atoms with Crippen LogP contribution >= 0.6 is 0 Å². The maximum absolute atomic E-state index is 8.92. The van der Waals surface area contributed by atoms with Gasteiger partial charge in [0.2, 0.25) is 5.89 Å². The van der Waals surface area contributed by atoms with Crippen LogP contribution in [0.2, 0.25) is 0 Å². The minimum atomic E-state index is 0.218. The molecule has 1 fully saturated rings. The Bertz CT molecular complexity index is 517. The van der Waals surface area contributed by atoms with E-state index in [1.807, 2.05) is 0 Å². The van der Waals surface area contributed by atoms with Crippen molar-refractivity contribution < 1.29 is 13.9 Å². The highest BCUT2D eigenvalue weighted by atomic mass is 16.4. The molecule has 0 bridgehead atoms. The molecule has 2 aromatic heterocycles. The van der Waals surface area contributed by atoms with Crippen LogP contribution in [0.25, 0.3) is 11.7 Å². The van der Waals surface area contributed by atoms with Crippen LogP contribution in [0.15, 0.2) is 27.2 Å². The summed E-state index contributed by atoms with van der Waals surface area (Å²) in [7, 11) is 0. The molecule has 0 aliphatic carbocycles. The molecule has 2 aromatic rings. The molecule has 0 atom stereocenters. The number of aliphatic hydroxyl groups is 1. The molecular weight excluding hydrogens is 260 g/mol. The molecular formula is C13H18N4O3. The third kappa shape index (κ3) is 3.06. The summed E-state index contributed by atoms with van der Waals surface area (Å²) in [6, 6.07) is 3.59. The normalized spacial score (nSPS) is 17.6. The Balaban J connectivity index is 1.54. The average molecular weight is 278 g/mol. The van der Waals surface area contributed by atoms with Crippen molar-refractivity contribution in [3.05, 3.63) is 24.3 Å². The number of rotatable bonds is 5. The average Bonchev–Trinajstić information content (AvgIpc) is 3.12. The number of hydrogen-bond donors (Lipinski definition) is 1. The van der Waals surface area contributed by atoms with E-state index in [4.69, 9.17) is 13.9 Å². The van der Waals surface area contributed by atoms with Crippen molar-refractivity contribution in [2.45, 2.75) is 6.54 Å². The Kier molecular flexibility index (Phi) is 4.10. The maximum atomic E-state index is 8.92. The Hall–Kier alpha value is -1.70. The molecule has 7 nitrogen and oxygen atoms in total. The van der Waals surface area contributed by atoms with Crippen molar-refractivity contribution in [3.8, 4) is 11.7 Å². The number of β-amino-alcohol motifs (C(OH)–C–C–N with tert-alkyl or cyclic N) is 1. The van der Waals surface area contributed by atoms with E-state index >= 15 is 0 Å². The van der Waals surface area contributed by atoms with Crippen LogP contribution < -0.4 is 0 Å². The maximum Gasteiger partial charge on any atom is 0.283 e. The summed E-state index contributed by atoms with van der Waals surface area (Å²) in [6.07, 6.45) is 1.58. The predicted octanol–water partition coefficient (Wildman–Crippen LogP) is 0.439. The zero-order valence-electron chi connectivity index (χ0n) is 11.2. The smallest absolute Gasteiger partial charge is 0.283 e. The topological polar surface area (TPSA) is 78.8 Å². The van der Waals surface area contributed by atoms with Crippen LogP contribution in [0, 0.1) is 0 Å². The molecule has 0 radical (unpaired) electrons. The Morgan fingerprint density at radius 1 is 1.15 bits per heavy atom. The number of piperazine rings is 1. The lowest BCUT2D eigenvalue weighted by atomic mass is 10.3. The van der Waals surface area contributed by atoms with Crippen molar-refractivity contribution in [2.75, 3.05) is 39.3 Å². The summed E-state index contributed by atoms with van der Waals surface area (Å²) < 4.78 is 10.8. The summed E-state index contributed by atoms with van der Waals surface area (Å²) in [5, 5.41) is 17.0. The summed E-state index contributed by atoms with van der Waals surface area (Å²) in [5.41, 5.74) is 0. The monoisotopic (exact) mass is 278 g/mol. The van der Waals surface area contributed by atoms with Gasteiger partial charge in [-0.15, -0.1) is 10.2 Å². The zero-order chi connectivity index (χ0) is 13.8. The summed E-state index contributed by atoms with van der Waals surface area (Å²) in [4.78, 5) is 4.52. The molecule has 1 saturated heterocycles. The fraction of sp³-hybridized carbons (Fsp3) is 0.538. The van der Waals surface area contributed by atoms with E-state index in [0.717, 1.165) is 32.7 Å². The quantitative estimate of drug-likeness (QED) is 0.850. The van der Waals surface area contributed by atoms with Gasteiger partial charge in [0.15, 0.2) is 5.76 Å². The molecule has 3 rings (SSSR count). The van der Waals surface area contributed by atoms with Crippen LogP contribution in [0.3, 0.4) is 0 Å². The van der Waals surface area contributed by atoms with Gasteiger partial charge in [0.05, 0.1) is 19.4 Å². The van der Waals surface area contributed by atoms with Crippen molar-refractivity contribution >= 4 is 0 Å². The molecule has 20 heavy (non-hydrogen) atoms. The molecule has 0 amide bonds. The molecule has 108 valence electrons. The summed E-state index contributed by atoms with van der Waals surface area (Å²) in [5.74, 6) is 1.62. The second-order valence-electron chi connectivity index (χ2n) is 4.82. The molecule has 0 spiro atoms. The van der Waals surface area contributed by atoms with E-state index in [0.29, 0.717) is 24.1 Å². The minimum absolute atomic E-state index is 0.218. The van der Waals surface area contributed by atoms with Gasteiger partial charge in [-0.25, -0.2) is 0 Å². The van der Waals surface area contributed by atoms with Crippen LogP contribution in [-0.4, -0.2) is 64.4 Å². The van der Waals surface area contributed by atoms with Crippen molar-refractivity contribution in [1.29, 1.82) is 0 Å². The minimum Gasteiger partial charge on any atom is -0.459 e. The van der Waals surface area contributed by atoms with Crippen LogP contribution in [0.1, 0.15) is 5.89 Å². The van der Waals surface area contributed by atoms with Gasteiger partial charge < -0.3 is 13.9 Å². The van der Waals surface area contributed by atoms with Gasteiger partial charge in [-0.2, -0.15) is 0 Å². The first-order valence-electron chi connectivity index (χ1n) is 6.77. The largest absolute Gasteiger partial charge is 0.459 e. The van der Waals surface area contributed by atoms with Gasteiger partial charge in [0.25, 0.3) is 5.89 Å². The first kappa shape index (κ1) is 13.3. The molecule has 3 heterocycles. The van der Waals surface area contributed by atoms with Crippen molar-refractivity contribution in [2.24, 2.45) is 0 Å². The molecule has 7 heteroatoms. The van der Waals surface area contributed by atoms with E-state index in [1.54, 1.807) is 18.4 Å². The molecule has 1 N–H and O–H groups in total. The van der Waals surface area contributed by atoms with E-state index in [2.05, 4.69) is 20.0 Å². The highest BCUT2D eigenvalue weighted by molar-refractivity contribution is 5.42. The van der Waals surface area contributed by atoms with E-state index < -0.39 is 0 Å². The van der Waals surface area contributed by atoms with Gasteiger partial charge in [-0.3, -0.25) is 9.80 Å². The van der Waals surface area contributed by atoms with Crippen molar-refractivity contribution in [1.82, 2.24) is 20.0 Å². The van der Waals surface area contributed by atoms with Crippen LogP contribution in [0.4, 0.5) is 0 Å². The number of nitrogens with zero attached hydrogens (tertiary/aromatic N) is 4. The Morgan fingerprint density at radius 3 is 2.65 bits per heavy atom. The third-order valence-corrected chi connectivity index (χ3v) is 3.44. The van der Waals surface area contributed by atoms with Gasteiger partial charge >= 0.3 is 0 Å². The Morgan fingerprint density at radius 2 is 1.95 bits per heavy atom. The first-order valence-corrected chi connectivity index (χ1v) is 6.77. The van der Waals surface area contributed by atoms with E-state index in [9.17, 15) is 0 Å². The van der Waals surface area contributed by atoms with Gasteiger partial charge in [-0.05, 0) is 12.1 Å². The number of aromatic nitrogens is 2. The molecule has 0 saturated carbocycles. The highest BCUT2D eigenvalue weighted by Gasteiger charge is 2.19. The summed E-state index contributed by atoms with van der Waals surface area (Å²) >= 11 is 0. The number of furan rings is 1.